The molecule has 3 N–H and O–H groups in total. The van der Waals surface area contributed by atoms with Gasteiger partial charge in [-0.05, 0) is 42.2 Å². The first kappa shape index (κ1) is 13.4. The van der Waals surface area contributed by atoms with E-state index in [4.69, 9.17) is 0 Å². The number of tetrazole rings is 1. The third-order valence-electron chi connectivity index (χ3n) is 3.41. The molecule has 3 rings (SSSR count). The molecule has 0 saturated carbocycles. The molecule has 0 aliphatic heterocycles. The molecule has 1 atom stereocenters. The highest BCUT2D eigenvalue weighted by atomic mass is 16.3. The Morgan fingerprint density at radius 3 is 2.81 bits per heavy atom. The zero-order chi connectivity index (χ0) is 14.5. The van der Waals surface area contributed by atoms with Crippen molar-refractivity contribution < 1.29 is 5.11 Å². The van der Waals surface area contributed by atoms with Crippen LogP contribution in [0.25, 0.3) is 0 Å². The predicted molar refractivity (Wildman–Crippen MR) is 75.3 cm³/mol. The summed E-state index contributed by atoms with van der Waals surface area (Å²) in [5.74, 6) is 0.334. The van der Waals surface area contributed by atoms with Crippen LogP contribution in [-0.2, 0) is 12.8 Å². The third kappa shape index (κ3) is 3.32. The van der Waals surface area contributed by atoms with Crippen LogP contribution in [0.3, 0.4) is 0 Å². The molecule has 108 valence electrons. The number of aliphatic hydroxyl groups is 1. The van der Waals surface area contributed by atoms with Crippen molar-refractivity contribution in [3.8, 4) is 0 Å². The summed E-state index contributed by atoms with van der Waals surface area (Å²) in [5, 5.41) is 23.4. The zero-order valence-electron chi connectivity index (χ0n) is 11.4. The van der Waals surface area contributed by atoms with Gasteiger partial charge in [0.1, 0.15) is 6.10 Å². The molecule has 21 heavy (non-hydrogen) atoms. The number of hydrogen-bond acceptors (Lipinski definition) is 5. The van der Waals surface area contributed by atoms with Crippen molar-refractivity contribution in [2.75, 3.05) is 0 Å². The molecule has 0 radical (unpaired) electrons. The molecule has 0 amide bonds. The lowest BCUT2D eigenvalue weighted by Crippen LogP contribution is -2.03. The first-order valence-electron chi connectivity index (χ1n) is 6.78. The van der Waals surface area contributed by atoms with E-state index in [0.29, 0.717) is 12.2 Å². The number of aromatic nitrogens is 6. The minimum absolute atomic E-state index is 0.334. The van der Waals surface area contributed by atoms with E-state index in [9.17, 15) is 5.11 Å². The summed E-state index contributed by atoms with van der Waals surface area (Å²) >= 11 is 0. The van der Waals surface area contributed by atoms with E-state index in [1.54, 1.807) is 12.4 Å². The van der Waals surface area contributed by atoms with Crippen LogP contribution >= 0.6 is 0 Å². The number of nitrogens with zero attached hydrogens (tertiary/aromatic N) is 4. The molecule has 7 heteroatoms. The van der Waals surface area contributed by atoms with Crippen LogP contribution in [0.1, 0.15) is 35.2 Å². The van der Waals surface area contributed by atoms with Crippen LogP contribution in [0.2, 0.25) is 0 Å². The average molecular weight is 284 g/mol. The van der Waals surface area contributed by atoms with Gasteiger partial charge in [-0.15, -0.1) is 10.2 Å². The van der Waals surface area contributed by atoms with Gasteiger partial charge in [-0.25, -0.2) is 0 Å². The second-order valence-corrected chi connectivity index (χ2v) is 4.84. The highest BCUT2D eigenvalue weighted by Crippen LogP contribution is 2.18. The van der Waals surface area contributed by atoms with E-state index in [1.165, 1.54) is 11.1 Å². The first-order chi connectivity index (χ1) is 10.3. The fourth-order valence-electron chi connectivity index (χ4n) is 2.27. The molecule has 0 spiro atoms. The molecule has 3 aromatic rings. The lowest BCUT2D eigenvalue weighted by molar-refractivity contribution is 0.158. The Hall–Kier alpha value is -2.54. The molecule has 7 nitrogen and oxygen atoms in total. The maximum Gasteiger partial charge on any atom is 0.202 e. The van der Waals surface area contributed by atoms with E-state index in [2.05, 4.69) is 30.6 Å². The molecule has 0 aliphatic carbocycles. The van der Waals surface area contributed by atoms with Crippen molar-refractivity contribution in [3.63, 3.8) is 0 Å². The normalized spacial score (nSPS) is 12.4. The van der Waals surface area contributed by atoms with Gasteiger partial charge in [0.25, 0.3) is 0 Å². The van der Waals surface area contributed by atoms with Crippen molar-refractivity contribution in [1.29, 1.82) is 0 Å². The van der Waals surface area contributed by atoms with E-state index in [-0.39, 0.29) is 0 Å². The SMILES string of the molecule is OC(CCc1cc[nH]c1Cc1ccncc1)c1nn[nH]n1. The van der Waals surface area contributed by atoms with Gasteiger partial charge in [0, 0.05) is 30.7 Å². The summed E-state index contributed by atoms with van der Waals surface area (Å²) in [6.45, 7) is 0. The van der Waals surface area contributed by atoms with Crippen LogP contribution in [0.4, 0.5) is 0 Å². The minimum atomic E-state index is -0.701. The lowest BCUT2D eigenvalue weighted by Gasteiger charge is -2.07. The van der Waals surface area contributed by atoms with Crippen LogP contribution in [-0.4, -0.2) is 35.7 Å². The third-order valence-corrected chi connectivity index (χ3v) is 3.41. The Kier molecular flexibility index (Phi) is 4.02. The highest BCUT2D eigenvalue weighted by molar-refractivity contribution is 5.27. The number of aryl methyl sites for hydroxylation is 1. The minimum Gasteiger partial charge on any atom is -0.385 e. The number of H-pyrrole nitrogens is 2. The number of hydrogen-bond donors (Lipinski definition) is 3. The predicted octanol–water partition coefficient (Wildman–Crippen LogP) is 1.18. The Morgan fingerprint density at radius 2 is 2.05 bits per heavy atom. The van der Waals surface area contributed by atoms with Gasteiger partial charge in [0.2, 0.25) is 5.82 Å². The Morgan fingerprint density at radius 1 is 1.19 bits per heavy atom. The number of aliphatic hydroxyl groups excluding tert-OH is 1. The molecular formula is C14H16N6O. The lowest BCUT2D eigenvalue weighted by atomic mass is 10.0. The standard InChI is InChI=1S/C14H16N6O/c21-13(14-17-19-20-18-14)2-1-11-5-8-16-12(11)9-10-3-6-15-7-4-10/h3-8,13,16,21H,1-2,9H2,(H,17,18,19,20). The summed E-state index contributed by atoms with van der Waals surface area (Å²) in [6.07, 6.45) is 6.93. The smallest absolute Gasteiger partial charge is 0.202 e. The highest BCUT2D eigenvalue weighted by Gasteiger charge is 2.14. The van der Waals surface area contributed by atoms with Gasteiger partial charge in [0.15, 0.2) is 0 Å². The van der Waals surface area contributed by atoms with Crippen LogP contribution in [0.5, 0.6) is 0 Å². The molecule has 3 aromatic heterocycles. The summed E-state index contributed by atoms with van der Waals surface area (Å²) in [7, 11) is 0. The van der Waals surface area contributed by atoms with E-state index in [1.807, 2.05) is 24.4 Å². The topological polar surface area (TPSA) is 103 Å². The largest absolute Gasteiger partial charge is 0.385 e. The summed E-state index contributed by atoms with van der Waals surface area (Å²) < 4.78 is 0. The van der Waals surface area contributed by atoms with Crippen molar-refractivity contribution in [2.45, 2.75) is 25.4 Å². The van der Waals surface area contributed by atoms with Gasteiger partial charge in [-0.2, -0.15) is 5.21 Å². The van der Waals surface area contributed by atoms with Gasteiger partial charge in [-0.1, -0.05) is 5.21 Å². The molecular weight excluding hydrogens is 268 g/mol. The number of pyridine rings is 1. The molecule has 0 saturated heterocycles. The molecule has 0 fully saturated rings. The Bertz CT molecular complexity index is 664. The average Bonchev–Trinajstić information content (AvgIpc) is 3.18. The van der Waals surface area contributed by atoms with Crippen LogP contribution < -0.4 is 0 Å². The maximum absolute atomic E-state index is 9.99. The van der Waals surface area contributed by atoms with Gasteiger partial charge in [0.05, 0.1) is 0 Å². The van der Waals surface area contributed by atoms with Crippen molar-refractivity contribution in [3.05, 3.63) is 59.4 Å². The van der Waals surface area contributed by atoms with Gasteiger partial charge >= 0.3 is 0 Å². The van der Waals surface area contributed by atoms with Gasteiger partial charge in [-0.3, -0.25) is 4.98 Å². The molecule has 1 unspecified atom stereocenters. The summed E-state index contributed by atoms with van der Waals surface area (Å²) in [6, 6.07) is 6.04. The second kappa shape index (κ2) is 6.27. The fraction of sp³-hybridized carbons (Fsp3) is 0.286. The second-order valence-electron chi connectivity index (χ2n) is 4.84. The van der Waals surface area contributed by atoms with Crippen molar-refractivity contribution in [1.82, 2.24) is 30.6 Å². The molecule has 0 aromatic carbocycles. The van der Waals surface area contributed by atoms with E-state index >= 15 is 0 Å². The molecule has 0 bridgehead atoms. The summed E-state index contributed by atoms with van der Waals surface area (Å²) in [5.41, 5.74) is 3.54. The Balaban J connectivity index is 1.63. The van der Waals surface area contributed by atoms with E-state index < -0.39 is 6.10 Å². The van der Waals surface area contributed by atoms with Crippen molar-refractivity contribution >= 4 is 0 Å². The van der Waals surface area contributed by atoms with Crippen molar-refractivity contribution in [2.24, 2.45) is 0 Å². The zero-order valence-corrected chi connectivity index (χ0v) is 11.4. The quantitative estimate of drug-likeness (QED) is 0.630. The van der Waals surface area contributed by atoms with Crippen LogP contribution in [0, 0.1) is 0 Å². The molecule has 3 heterocycles. The number of nitrogens with one attached hydrogen (secondary N) is 2. The Labute approximate surface area is 121 Å². The first-order valence-corrected chi connectivity index (χ1v) is 6.78. The molecule has 0 aliphatic rings. The van der Waals surface area contributed by atoms with Gasteiger partial charge < -0.3 is 10.1 Å². The number of rotatable bonds is 6. The van der Waals surface area contributed by atoms with Crippen LogP contribution in [0.15, 0.2) is 36.8 Å². The monoisotopic (exact) mass is 284 g/mol. The van der Waals surface area contributed by atoms with E-state index in [0.717, 1.165) is 18.5 Å². The summed E-state index contributed by atoms with van der Waals surface area (Å²) in [4.78, 5) is 7.28. The fourth-order valence-corrected chi connectivity index (χ4v) is 2.27. The maximum atomic E-state index is 9.99. The number of aromatic amines is 2.